The molecule has 1 aromatic heterocycles. The number of rotatable bonds is 6. The summed E-state index contributed by atoms with van der Waals surface area (Å²) in [6.45, 7) is 1.80. The lowest BCUT2D eigenvalue weighted by molar-refractivity contribution is -0.121. The Hall–Kier alpha value is -0.390. The minimum absolute atomic E-state index is 0.131. The van der Waals surface area contributed by atoms with Crippen LogP contribution in [0.25, 0.3) is 0 Å². The summed E-state index contributed by atoms with van der Waals surface area (Å²) in [6.07, 6.45) is 4.22. The van der Waals surface area contributed by atoms with Gasteiger partial charge in [-0.05, 0) is 41.9 Å². The number of thiophene rings is 1. The van der Waals surface area contributed by atoms with Crippen molar-refractivity contribution >= 4 is 33.2 Å². The van der Waals surface area contributed by atoms with Crippen LogP contribution >= 0.6 is 27.3 Å². The van der Waals surface area contributed by atoms with E-state index in [1.165, 1.54) is 19.3 Å². The molecule has 0 saturated heterocycles. The molecule has 1 saturated carbocycles. The molecule has 5 heteroatoms. The van der Waals surface area contributed by atoms with Gasteiger partial charge in [-0.15, -0.1) is 11.3 Å². The number of hydrogen-bond acceptors (Lipinski definition) is 3. The van der Waals surface area contributed by atoms with Gasteiger partial charge in [-0.3, -0.25) is 4.79 Å². The second-order valence-electron chi connectivity index (χ2n) is 5.07. The Kier molecular flexibility index (Phi) is 4.81. The van der Waals surface area contributed by atoms with E-state index < -0.39 is 0 Å². The van der Waals surface area contributed by atoms with Crippen LogP contribution in [0.5, 0.6) is 0 Å². The molecule has 0 radical (unpaired) electrons. The monoisotopic (exact) mass is 330 g/mol. The molecular formula is C13H19BrN2OS. The standard InChI is InChI=1S/C13H19BrN2OS/c1-15-8-13(3-2-4-13)9-16-12(17)6-11-5-10(14)7-18-11/h5,7,15H,2-4,6,8-9H2,1H3,(H,16,17). The summed E-state index contributed by atoms with van der Waals surface area (Å²) in [5.74, 6) is 0.131. The van der Waals surface area contributed by atoms with E-state index >= 15 is 0 Å². The highest BCUT2D eigenvalue weighted by atomic mass is 79.9. The molecule has 1 aliphatic carbocycles. The molecule has 0 unspecified atom stereocenters. The van der Waals surface area contributed by atoms with E-state index in [-0.39, 0.29) is 5.91 Å². The van der Waals surface area contributed by atoms with Crippen LogP contribution in [0.2, 0.25) is 0 Å². The fourth-order valence-electron chi connectivity index (χ4n) is 2.42. The molecular weight excluding hydrogens is 312 g/mol. The van der Waals surface area contributed by atoms with Gasteiger partial charge in [0.05, 0.1) is 6.42 Å². The molecule has 18 heavy (non-hydrogen) atoms. The maximum absolute atomic E-state index is 11.9. The van der Waals surface area contributed by atoms with Crippen LogP contribution in [0, 0.1) is 5.41 Å². The number of carbonyl (C=O) groups excluding carboxylic acids is 1. The fraction of sp³-hybridized carbons (Fsp3) is 0.615. The third-order valence-electron chi connectivity index (χ3n) is 3.58. The minimum atomic E-state index is 0.131. The average molecular weight is 331 g/mol. The van der Waals surface area contributed by atoms with Gasteiger partial charge in [-0.25, -0.2) is 0 Å². The van der Waals surface area contributed by atoms with Crippen molar-refractivity contribution in [2.75, 3.05) is 20.1 Å². The number of nitrogens with one attached hydrogen (secondary N) is 2. The summed E-state index contributed by atoms with van der Waals surface area (Å²) in [4.78, 5) is 13.0. The normalized spacial score (nSPS) is 17.2. The van der Waals surface area contributed by atoms with Crippen molar-refractivity contribution in [3.05, 3.63) is 20.8 Å². The smallest absolute Gasteiger partial charge is 0.225 e. The van der Waals surface area contributed by atoms with Crippen molar-refractivity contribution in [2.24, 2.45) is 5.41 Å². The van der Waals surface area contributed by atoms with E-state index in [1.807, 2.05) is 18.5 Å². The van der Waals surface area contributed by atoms with Crippen LogP contribution in [0.1, 0.15) is 24.1 Å². The first-order chi connectivity index (χ1) is 8.63. The van der Waals surface area contributed by atoms with Crippen molar-refractivity contribution in [2.45, 2.75) is 25.7 Å². The van der Waals surface area contributed by atoms with Crippen LogP contribution in [0.4, 0.5) is 0 Å². The molecule has 0 aliphatic heterocycles. The number of carbonyl (C=O) groups is 1. The summed E-state index contributed by atoms with van der Waals surface area (Å²) in [6, 6.07) is 2.01. The molecule has 1 aromatic rings. The van der Waals surface area contributed by atoms with Gasteiger partial charge in [-0.2, -0.15) is 0 Å². The van der Waals surface area contributed by atoms with E-state index in [2.05, 4.69) is 26.6 Å². The number of hydrogen-bond donors (Lipinski definition) is 2. The first-order valence-corrected chi connectivity index (χ1v) is 7.95. The van der Waals surface area contributed by atoms with Crippen LogP contribution in [0.3, 0.4) is 0 Å². The van der Waals surface area contributed by atoms with Gasteiger partial charge in [0, 0.05) is 33.2 Å². The number of amides is 1. The fourth-order valence-corrected chi connectivity index (χ4v) is 3.87. The molecule has 3 nitrogen and oxygen atoms in total. The summed E-state index contributed by atoms with van der Waals surface area (Å²) in [7, 11) is 1.98. The first kappa shape index (κ1) is 14.0. The largest absolute Gasteiger partial charge is 0.355 e. The lowest BCUT2D eigenvalue weighted by Gasteiger charge is -2.42. The molecule has 1 aliphatic rings. The summed E-state index contributed by atoms with van der Waals surface area (Å²) >= 11 is 5.03. The zero-order valence-corrected chi connectivity index (χ0v) is 13.0. The third kappa shape index (κ3) is 3.56. The predicted octanol–water partition coefficient (Wildman–Crippen LogP) is 2.56. The van der Waals surface area contributed by atoms with Crippen molar-refractivity contribution in [1.82, 2.24) is 10.6 Å². The van der Waals surface area contributed by atoms with Crippen LogP contribution in [0.15, 0.2) is 15.9 Å². The minimum Gasteiger partial charge on any atom is -0.355 e. The molecule has 0 atom stereocenters. The highest BCUT2D eigenvalue weighted by molar-refractivity contribution is 9.10. The highest BCUT2D eigenvalue weighted by Gasteiger charge is 2.36. The Morgan fingerprint density at radius 2 is 2.28 bits per heavy atom. The molecule has 0 aromatic carbocycles. The topological polar surface area (TPSA) is 41.1 Å². The van der Waals surface area contributed by atoms with E-state index in [0.29, 0.717) is 11.8 Å². The maximum atomic E-state index is 11.9. The highest BCUT2D eigenvalue weighted by Crippen LogP contribution is 2.39. The van der Waals surface area contributed by atoms with Crippen LogP contribution in [-0.2, 0) is 11.2 Å². The van der Waals surface area contributed by atoms with Crippen molar-refractivity contribution < 1.29 is 4.79 Å². The third-order valence-corrected chi connectivity index (χ3v) is 5.28. The quantitative estimate of drug-likeness (QED) is 0.841. The Morgan fingerprint density at radius 3 is 2.78 bits per heavy atom. The summed E-state index contributed by atoms with van der Waals surface area (Å²) in [5.41, 5.74) is 0.306. The summed E-state index contributed by atoms with van der Waals surface area (Å²) in [5, 5.41) is 8.32. The Morgan fingerprint density at radius 1 is 1.50 bits per heavy atom. The number of halogens is 1. The van der Waals surface area contributed by atoms with Gasteiger partial charge < -0.3 is 10.6 Å². The SMILES string of the molecule is CNCC1(CNC(=O)Cc2cc(Br)cs2)CCC1. The lowest BCUT2D eigenvalue weighted by atomic mass is 9.68. The van der Waals surface area contributed by atoms with Gasteiger partial charge in [0.1, 0.15) is 0 Å². The van der Waals surface area contributed by atoms with Gasteiger partial charge in [0.2, 0.25) is 5.91 Å². The first-order valence-electron chi connectivity index (χ1n) is 6.28. The molecule has 0 spiro atoms. The Labute approximate surface area is 120 Å². The lowest BCUT2D eigenvalue weighted by Crippen LogP contribution is -2.47. The second kappa shape index (κ2) is 6.17. The van der Waals surface area contributed by atoms with Crippen molar-refractivity contribution in [1.29, 1.82) is 0 Å². The van der Waals surface area contributed by atoms with Gasteiger partial charge in [-0.1, -0.05) is 6.42 Å². The molecule has 2 rings (SSSR count). The van der Waals surface area contributed by atoms with Gasteiger partial charge in [0.15, 0.2) is 0 Å². The van der Waals surface area contributed by atoms with E-state index in [0.717, 1.165) is 22.4 Å². The molecule has 1 heterocycles. The Bertz CT molecular complexity index is 415. The van der Waals surface area contributed by atoms with Crippen LogP contribution in [-0.4, -0.2) is 26.0 Å². The van der Waals surface area contributed by atoms with E-state index in [4.69, 9.17) is 0 Å². The van der Waals surface area contributed by atoms with Gasteiger partial charge >= 0.3 is 0 Å². The Balaban J connectivity index is 1.77. The van der Waals surface area contributed by atoms with Crippen LogP contribution < -0.4 is 10.6 Å². The van der Waals surface area contributed by atoms with E-state index in [1.54, 1.807) is 11.3 Å². The van der Waals surface area contributed by atoms with Gasteiger partial charge in [0.25, 0.3) is 0 Å². The van der Waals surface area contributed by atoms with Crippen molar-refractivity contribution in [3.63, 3.8) is 0 Å². The average Bonchev–Trinajstić information content (AvgIpc) is 2.67. The zero-order chi connectivity index (χ0) is 13.0. The zero-order valence-electron chi connectivity index (χ0n) is 10.6. The molecule has 1 amide bonds. The predicted molar refractivity (Wildman–Crippen MR) is 78.9 cm³/mol. The second-order valence-corrected chi connectivity index (χ2v) is 6.98. The molecule has 1 fully saturated rings. The maximum Gasteiger partial charge on any atom is 0.225 e. The van der Waals surface area contributed by atoms with E-state index in [9.17, 15) is 4.79 Å². The molecule has 100 valence electrons. The summed E-state index contributed by atoms with van der Waals surface area (Å²) < 4.78 is 1.06. The molecule has 0 bridgehead atoms. The molecule has 2 N–H and O–H groups in total. The van der Waals surface area contributed by atoms with Crippen molar-refractivity contribution in [3.8, 4) is 0 Å².